The smallest absolute Gasteiger partial charge is 0.268 e. The minimum absolute atomic E-state index is 0.110. The van der Waals surface area contributed by atoms with Crippen molar-refractivity contribution in [3.63, 3.8) is 0 Å². The van der Waals surface area contributed by atoms with Gasteiger partial charge in [0.05, 0.1) is 18.4 Å². The first-order chi connectivity index (χ1) is 13.7. The van der Waals surface area contributed by atoms with Gasteiger partial charge in [0.1, 0.15) is 11.4 Å². The number of carbonyl (C=O) groups is 1. The lowest BCUT2D eigenvalue weighted by molar-refractivity contribution is -0.124. The van der Waals surface area contributed by atoms with Crippen LogP contribution in [-0.4, -0.2) is 21.4 Å². The Balaban J connectivity index is 1.63. The van der Waals surface area contributed by atoms with Crippen molar-refractivity contribution < 1.29 is 9.53 Å². The van der Waals surface area contributed by atoms with Gasteiger partial charge in [-0.2, -0.15) is 0 Å². The first-order valence-corrected chi connectivity index (χ1v) is 9.21. The fourth-order valence-corrected chi connectivity index (χ4v) is 3.14. The van der Waals surface area contributed by atoms with Crippen LogP contribution in [-0.2, 0) is 11.3 Å². The topological polar surface area (TPSA) is 46.8 Å². The molecule has 0 aliphatic carbocycles. The average molecular weight is 371 g/mol. The van der Waals surface area contributed by atoms with E-state index in [1.165, 1.54) is 0 Å². The molecule has 2 heterocycles. The summed E-state index contributed by atoms with van der Waals surface area (Å²) in [5.41, 5.74) is 2.60. The molecule has 0 saturated heterocycles. The van der Waals surface area contributed by atoms with Crippen molar-refractivity contribution in [2.24, 2.45) is 0 Å². The molecule has 0 spiro atoms. The number of fused-ring (bicyclic) bond motifs is 1. The summed E-state index contributed by atoms with van der Waals surface area (Å²) in [6.07, 6.45) is 3.14. The number of nitrogens with zero attached hydrogens (tertiary/aromatic N) is 3. The molecule has 2 aromatic heterocycles. The van der Waals surface area contributed by atoms with Crippen LogP contribution in [0.1, 0.15) is 12.6 Å². The number of benzene rings is 2. The summed E-state index contributed by atoms with van der Waals surface area (Å²) < 4.78 is 7.86. The van der Waals surface area contributed by atoms with Gasteiger partial charge in [-0.05, 0) is 43.3 Å². The van der Waals surface area contributed by atoms with Crippen LogP contribution in [0.3, 0.4) is 0 Å². The molecule has 4 aromatic rings. The fourth-order valence-electron chi connectivity index (χ4n) is 3.14. The number of ether oxygens (including phenoxy) is 1. The molecule has 0 N–H and O–H groups in total. The third kappa shape index (κ3) is 3.74. The first kappa shape index (κ1) is 17.8. The van der Waals surface area contributed by atoms with Gasteiger partial charge in [-0.25, -0.2) is 4.98 Å². The molecule has 1 atom stereocenters. The van der Waals surface area contributed by atoms with E-state index in [-0.39, 0.29) is 5.91 Å². The number of carbonyl (C=O) groups excluding carboxylic acids is 1. The van der Waals surface area contributed by atoms with Gasteiger partial charge in [0, 0.05) is 11.9 Å². The monoisotopic (exact) mass is 371 g/mol. The Morgan fingerprint density at radius 1 is 1.00 bits per heavy atom. The zero-order valence-electron chi connectivity index (χ0n) is 15.6. The number of hydrogen-bond acceptors (Lipinski definition) is 3. The van der Waals surface area contributed by atoms with E-state index in [9.17, 15) is 4.79 Å². The fraction of sp³-hybridized carbons (Fsp3) is 0.130. The second kappa shape index (κ2) is 7.96. The molecule has 0 bridgehead atoms. The molecule has 0 saturated carbocycles. The van der Waals surface area contributed by atoms with E-state index < -0.39 is 6.10 Å². The van der Waals surface area contributed by atoms with Crippen LogP contribution in [0.4, 0.5) is 5.69 Å². The third-order valence-corrected chi connectivity index (χ3v) is 4.55. The van der Waals surface area contributed by atoms with Gasteiger partial charge in [-0.3, -0.25) is 4.79 Å². The normalized spacial score (nSPS) is 11.9. The van der Waals surface area contributed by atoms with Crippen LogP contribution in [0.5, 0.6) is 5.75 Å². The summed E-state index contributed by atoms with van der Waals surface area (Å²) in [4.78, 5) is 19.5. The van der Waals surface area contributed by atoms with Crippen LogP contribution in [0.2, 0.25) is 0 Å². The van der Waals surface area contributed by atoms with Crippen molar-refractivity contribution in [1.82, 2.24) is 9.38 Å². The lowest BCUT2D eigenvalue weighted by Gasteiger charge is -2.26. The van der Waals surface area contributed by atoms with Gasteiger partial charge in [-0.1, -0.05) is 42.5 Å². The Morgan fingerprint density at radius 2 is 1.68 bits per heavy atom. The standard InChI is InChI=1S/C23H21N3O2/c1-18(28-21-12-6-3-7-13-21)23(27)26(19-10-4-2-5-11-19)17-20-16-24-22-14-8-9-15-25(20)22/h2-16,18H,17H2,1H3. The summed E-state index contributed by atoms with van der Waals surface area (Å²) in [5.74, 6) is 0.562. The molecule has 5 nitrogen and oxygen atoms in total. The highest BCUT2D eigenvalue weighted by atomic mass is 16.5. The predicted octanol–water partition coefficient (Wildman–Crippen LogP) is 4.34. The Kier molecular flexibility index (Phi) is 5.06. The zero-order valence-corrected chi connectivity index (χ0v) is 15.6. The molecule has 2 aromatic carbocycles. The van der Waals surface area contributed by atoms with Crippen molar-refractivity contribution in [1.29, 1.82) is 0 Å². The van der Waals surface area contributed by atoms with Crippen LogP contribution in [0.15, 0.2) is 91.3 Å². The van der Waals surface area contributed by atoms with Gasteiger partial charge < -0.3 is 14.0 Å². The lowest BCUT2D eigenvalue weighted by atomic mass is 10.2. The van der Waals surface area contributed by atoms with Gasteiger partial charge >= 0.3 is 0 Å². The second-order valence-corrected chi connectivity index (χ2v) is 6.51. The highest BCUT2D eigenvalue weighted by molar-refractivity contribution is 5.96. The van der Waals surface area contributed by atoms with Crippen molar-refractivity contribution in [2.45, 2.75) is 19.6 Å². The SMILES string of the molecule is CC(Oc1ccccc1)C(=O)N(Cc1cnc2ccccn12)c1ccccc1. The molecule has 0 aliphatic rings. The second-order valence-electron chi connectivity index (χ2n) is 6.51. The molecular weight excluding hydrogens is 350 g/mol. The molecule has 4 rings (SSSR count). The molecule has 1 unspecified atom stereocenters. The summed E-state index contributed by atoms with van der Waals surface area (Å²) in [5, 5.41) is 0. The van der Waals surface area contributed by atoms with Crippen LogP contribution in [0.25, 0.3) is 5.65 Å². The highest BCUT2D eigenvalue weighted by Gasteiger charge is 2.24. The van der Waals surface area contributed by atoms with Crippen LogP contribution in [0, 0.1) is 0 Å². The van der Waals surface area contributed by atoms with Crippen LogP contribution >= 0.6 is 0 Å². The average Bonchev–Trinajstić information content (AvgIpc) is 3.16. The van der Waals surface area contributed by atoms with E-state index in [1.54, 1.807) is 18.0 Å². The van der Waals surface area contributed by atoms with E-state index >= 15 is 0 Å². The first-order valence-electron chi connectivity index (χ1n) is 9.21. The molecular formula is C23H21N3O2. The Hall–Kier alpha value is -3.60. The number of pyridine rings is 1. The molecule has 0 aliphatic heterocycles. The van der Waals surface area contributed by atoms with Crippen molar-refractivity contribution in [2.75, 3.05) is 4.90 Å². The predicted molar refractivity (Wildman–Crippen MR) is 109 cm³/mol. The highest BCUT2D eigenvalue weighted by Crippen LogP contribution is 2.21. The minimum Gasteiger partial charge on any atom is -0.481 e. The van der Waals surface area contributed by atoms with Crippen molar-refractivity contribution in [3.8, 4) is 5.75 Å². The summed E-state index contributed by atoms with van der Waals surface area (Å²) in [6, 6.07) is 24.9. The molecule has 28 heavy (non-hydrogen) atoms. The van der Waals surface area contributed by atoms with E-state index in [4.69, 9.17) is 4.74 Å². The summed E-state index contributed by atoms with van der Waals surface area (Å²) >= 11 is 0. The zero-order chi connectivity index (χ0) is 19.3. The van der Waals surface area contributed by atoms with Gasteiger partial charge in [0.15, 0.2) is 6.10 Å². The molecule has 1 amide bonds. The molecule has 0 radical (unpaired) electrons. The van der Waals surface area contributed by atoms with Gasteiger partial charge in [0.25, 0.3) is 5.91 Å². The van der Waals surface area contributed by atoms with E-state index in [2.05, 4.69) is 4.98 Å². The number of imidazole rings is 1. The maximum atomic E-state index is 13.3. The van der Waals surface area contributed by atoms with Gasteiger partial charge in [0.2, 0.25) is 0 Å². The number of amides is 1. The van der Waals surface area contributed by atoms with E-state index in [0.717, 1.165) is 17.0 Å². The van der Waals surface area contributed by atoms with E-state index in [1.807, 2.05) is 89.5 Å². The number of para-hydroxylation sites is 2. The minimum atomic E-state index is -0.623. The molecule has 5 heteroatoms. The Labute approximate surface area is 163 Å². The van der Waals surface area contributed by atoms with Gasteiger partial charge in [-0.15, -0.1) is 0 Å². The number of aromatic nitrogens is 2. The maximum Gasteiger partial charge on any atom is 0.268 e. The van der Waals surface area contributed by atoms with E-state index in [0.29, 0.717) is 12.3 Å². The Morgan fingerprint density at radius 3 is 2.43 bits per heavy atom. The number of hydrogen-bond donors (Lipinski definition) is 0. The maximum absolute atomic E-state index is 13.3. The lowest BCUT2D eigenvalue weighted by Crippen LogP contribution is -2.40. The number of anilines is 1. The summed E-state index contributed by atoms with van der Waals surface area (Å²) in [6.45, 7) is 2.18. The third-order valence-electron chi connectivity index (χ3n) is 4.55. The quantitative estimate of drug-likeness (QED) is 0.507. The molecule has 0 fully saturated rings. The summed E-state index contributed by atoms with van der Waals surface area (Å²) in [7, 11) is 0. The number of rotatable bonds is 6. The Bertz CT molecular complexity index is 1060. The van der Waals surface area contributed by atoms with Crippen molar-refractivity contribution in [3.05, 3.63) is 97.0 Å². The molecule has 140 valence electrons. The van der Waals surface area contributed by atoms with Crippen molar-refractivity contribution >= 4 is 17.2 Å². The largest absolute Gasteiger partial charge is 0.481 e. The van der Waals surface area contributed by atoms with Crippen LogP contribution < -0.4 is 9.64 Å².